The molecule has 0 saturated carbocycles. The number of hydrogen-bond acceptors (Lipinski definition) is 3. The van der Waals surface area contributed by atoms with Crippen LogP contribution in [0.15, 0.2) is 36.5 Å². The summed E-state index contributed by atoms with van der Waals surface area (Å²) in [6.45, 7) is 6.40. The predicted molar refractivity (Wildman–Crippen MR) is 107 cm³/mol. The Kier molecular flexibility index (Phi) is 6.27. The lowest BCUT2D eigenvalue weighted by molar-refractivity contribution is -0.131. The molecule has 1 aromatic heterocycles. The van der Waals surface area contributed by atoms with E-state index in [0.717, 1.165) is 56.2 Å². The molecule has 140 valence electrons. The highest BCUT2D eigenvalue weighted by Crippen LogP contribution is 2.20. The van der Waals surface area contributed by atoms with Gasteiger partial charge >= 0.3 is 0 Å². The number of aromatic nitrogens is 2. The predicted octanol–water partition coefficient (Wildman–Crippen LogP) is 3.51. The average Bonchev–Trinajstić information content (AvgIpc) is 2.82. The minimum atomic E-state index is 0.289. The normalized spacial score (nSPS) is 15.8. The third-order valence-corrected chi connectivity index (χ3v) is 5.51. The van der Waals surface area contributed by atoms with Gasteiger partial charge in [0.1, 0.15) is 0 Å². The summed E-state index contributed by atoms with van der Waals surface area (Å²) >= 11 is 5.65. The molecular weight excluding hydrogens is 344 g/mol. The van der Waals surface area contributed by atoms with E-state index >= 15 is 0 Å². The maximum absolute atomic E-state index is 12.2. The van der Waals surface area contributed by atoms with Crippen molar-refractivity contribution in [3.05, 3.63) is 41.3 Å². The third kappa shape index (κ3) is 4.24. The Balaban J connectivity index is 1.70. The second-order valence-corrected chi connectivity index (χ2v) is 7.30. The molecule has 5 nitrogen and oxygen atoms in total. The maximum Gasteiger partial charge on any atom is 0.222 e. The first-order valence-corrected chi connectivity index (χ1v) is 9.82. The molecule has 1 aliphatic heterocycles. The van der Waals surface area contributed by atoms with Crippen molar-refractivity contribution in [3.8, 4) is 11.3 Å². The van der Waals surface area contributed by atoms with Gasteiger partial charge in [0.2, 0.25) is 5.91 Å². The largest absolute Gasteiger partial charge is 0.341 e. The Morgan fingerprint density at radius 3 is 2.62 bits per heavy atom. The molecule has 0 N–H and O–H groups in total. The van der Waals surface area contributed by atoms with Gasteiger partial charge in [0.15, 0.2) is 4.77 Å². The highest BCUT2D eigenvalue weighted by molar-refractivity contribution is 7.71. The van der Waals surface area contributed by atoms with Gasteiger partial charge in [-0.2, -0.15) is 0 Å². The number of carbonyl (C=O) groups excluding carboxylic acids is 1. The number of nitrogens with zero attached hydrogens (tertiary/aromatic N) is 4. The Morgan fingerprint density at radius 1 is 1.12 bits per heavy atom. The first-order chi connectivity index (χ1) is 12.6. The van der Waals surface area contributed by atoms with Crippen LogP contribution >= 0.6 is 12.2 Å². The van der Waals surface area contributed by atoms with E-state index in [2.05, 4.69) is 39.3 Å². The summed E-state index contributed by atoms with van der Waals surface area (Å²) in [6, 6.07) is 10.3. The number of amides is 1. The average molecular weight is 373 g/mol. The van der Waals surface area contributed by atoms with Gasteiger partial charge in [-0.25, -0.2) is 0 Å². The molecule has 2 heterocycles. The van der Waals surface area contributed by atoms with Gasteiger partial charge in [-0.1, -0.05) is 37.3 Å². The van der Waals surface area contributed by atoms with Gasteiger partial charge in [0.25, 0.3) is 0 Å². The standard InChI is InChI=1S/C20H28N4OS/c1-3-8-19(25)23-12-7-11-22(13-14-23)16-24-15-18(21(2)20(24)26)17-9-5-4-6-10-17/h4-6,9-10,15H,3,7-8,11-14,16H2,1-2H3. The lowest BCUT2D eigenvalue weighted by Crippen LogP contribution is -2.35. The van der Waals surface area contributed by atoms with Crippen LogP contribution in [-0.4, -0.2) is 51.0 Å². The Labute approximate surface area is 160 Å². The molecular formula is C20H28N4OS. The topological polar surface area (TPSA) is 33.4 Å². The van der Waals surface area contributed by atoms with E-state index in [0.29, 0.717) is 6.42 Å². The molecule has 1 fully saturated rings. The van der Waals surface area contributed by atoms with Crippen molar-refractivity contribution in [2.75, 3.05) is 26.2 Å². The van der Waals surface area contributed by atoms with Crippen LogP contribution in [0.5, 0.6) is 0 Å². The molecule has 26 heavy (non-hydrogen) atoms. The summed E-state index contributed by atoms with van der Waals surface area (Å²) in [7, 11) is 2.02. The molecule has 0 spiro atoms. The fourth-order valence-corrected chi connectivity index (χ4v) is 3.72. The molecule has 0 bridgehead atoms. The number of rotatable bonds is 5. The fraction of sp³-hybridized carbons (Fsp3) is 0.500. The summed E-state index contributed by atoms with van der Waals surface area (Å²) in [5.41, 5.74) is 2.30. The van der Waals surface area contributed by atoms with Crippen LogP contribution in [0.2, 0.25) is 0 Å². The molecule has 0 aliphatic carbocycles. The van der Waals surface area contributed by atoms with Gasteiger partial charge in [-0.15, -0.1) is 0 Å². The second-order valence-electron chi connectivity index (χ2n) is 6.94. The Morgan fingerprint density at radius 2 is 1.88 bits per heavy atom. The summed E-state index contributed by atoms with van der Waals surface area (Å²) in [6.07, 6.45) is 4.73. The Hall–Kier alpha value is -1.92. The van der Waals surface area contributed by atoms with E-state index in [1.165, 1.54) is 5.56 Å². The van der Waals surface area contributed by atoms with Crippen LogP contribution in [0.3, 0.4) is 0 Å². The SMILES string of the molecule is CCCC(=O)N1CCCN(Cn2cc(-c3ccccc3)n(C)c2=S)CC1. The van der Waals surface area contributed by atoms with E-state index in [1.54, 1.807) is 0 Å². The molecule has 0 atom stereocenters. The molecule has 1 aromatic carbocycles. The minimum absolute atomic E-state index is 0.289. The monoisotopic (exact) mass is 372 g/mol. The van der Waals surface area contributed by atoms with E-state index < -0.39 is 0 Å². The highest BCUT2D eigenvalue weighted by Gasteiger charge is 2.19. The van der Waals surface area contributed by atoms with E-state index in [9.17, 15) is 4.79 Å². The van der Waals surface area contributed by atoms with Crippen molar-refractivity contribution in [2.24, 2.45) is 7.05 Å². The number of carbonyl (C=O) groups is 1. The number of hydrogen-bond donors (Lipinski definition) is 0. The quantitative estimate of drug-likeness (QED) is 0.753. The van der Waals surface area contributed by atoms with Gasteiger partial charge in [-0.3, -0.25) is 9.69 Å². The minimum Gasteiger partial charge on any atom is -0.341 e. The smallest absolute Gasteiger partial charge is 0.222 e. The zero-order chi connectivity index (χ0) is 18.5. The van der Waals surface area contributed by atoms with Gasteiger partial charge < -0.3 is 14.0 Å². The van der Waals surface area contributed by atoms with Crippen molar-refractivity contribution in [2.45, 2.75) is 32.9 Å². The molecule has 6 heteroatoms. The van der Waals surface area contributed by atoms with Crippen LogP contribution in [0.1, 0.15) is 26.2 Å². The zero-order valence-corrected chi connectivity index (χ0v) is 16.5. The van der Waals surface area contributed by atoms with Gasteiger partial charge in [0, 0.05) is 45.8 Å². The van der Waals surface area contributed by atoms with E-state index in [1.807, 2.05) is 30.1 Å². The summed E-state index contributed by atoms with van der Waals surface area (Å²) in [5.74, 6) is 0.289. The van der Waals surface area contributed by atoms with Crippen LogP contribution in [0.4, 0.5) is 0 Å². The molecule has 2 aromatic rings. The molecule has 3 rings (SSSR count). The van der Waals surface area contributed by atoms with Crippen LogP contribution in [0.25, 0.3) is 11.3 Å². The van der Waals surface area contributed by atoms with Crippen molar-refractivity contribution >= 4 is 18.1 Å². The van der Waals surface area contributed by atoms with E-state index in [4.69, 9.17) is 12.2 Å². The van der Waals surface area contributed by atoms with Gasteiger partial charge in [-0.05, 0) is 30.6 Å². The van der Waals surface area contributed by atoms with Crippen LogP contribution in [-0.2, 0) is 18.5 Å². The lowest BCUT2D eigenvalue weighted by atomic mass is 10.2. The van der Waals surface area contributed by atoms with E-state index in [-0.39, 0.29) is 5.91 Å². The molecule has 1 amide bonds. The van der Waals surface area contributed by atoms with Crippen molar-refractivity contribution in [1.82, 2.24) is 18.9 Å². The Bertz CT molecular complexity index is 796. The first-order valence-electron chi connectivity index (χ1n) is 9.42. The zero-order valence-electron chi connectivity index (χ0n) is 15.7. The summed E-state index contributed by atoms with van der Waals surface area (Å²) in [5, 5.41) is 0. The van der Waals surface area contributed by atoms with Crippen molar-refractivity contribution in [1.29, 1.82) is 0 Å². The van der Waals surface area contributed by atoms with Gasteiger partial charge in [0.05, 0.1) is 12.4 Å². The first kappa shape index (κ1) is 18.9. The molecule has 0 unspecified atom stereocenters. The molecule has 0 radical (unpaired) electrons. The summed E-state index contributed by atoms with van der Waals surface area (Å²) in [4.78, 5) is 16.6. The van der Waals surface area contributed by atoms with Crippen LogP contribution < -0.4 is 0 Å². The van der Waals surface area contributed by atoms with Crippen molar-refractivity contribution < 1.29 is 4.79 Å². The van der Waals surface area contributed by atoms with Crippen LogP contribution in [0, 0.1) is 4.77 Å². The maximum atomic E-state index is 12.2. The fourth-order valence-electron chi connectivity index (χ4n) is 3.51. The van der Waals surface area contributed by atoms with Crippen molar-refractivity contribution in [3.63, 3.8) is 0 Å². The molecule has 1 aliphatic rings. The third-order valence-electron chi connectivity index (χ3n) is 5.00. The summed E-state index contributed by atoms with van der Waals surface area (Å²) < 4.78 is 5.04. The number of imidazole rings is 1. The second kappa shape index (κ2) is 8.64. The number of benzene rings is 1. The lowest BCUT2D eigenvalue weighted by Gasteiger charge is -2.22. The molecule has 1 saturated heterocycles. The highest BCUT2D eigenvalue weighted by atomic mass is 32.1.